The molecular weight excluding hydrogens is 550 g/mol. The van der Waals surface area contributed by atoms with E-state index < -0.39 is 36.3 Å². The predicted molar refractivity (Wildman–Crippen MR) is 145 cm³/mol. The van der Waals surface area contributed by atoms with Gasteiger partial charge in [0, 0.05) is 12.2 Å². The molecule has 6 rings (SSSR count). The number of aromatic carboxylic acids is 1. The van der Waals surface area contributed by atoms with Gasteiger partial charge in [-0.15, -0.1) is 0 Å². The van der Waals surface area contributed by atoms with Gasteiger partial charge in [0.15, 0.2) is 29.0 Å². The Balaban J connectivity index is 1.27. The van der Waals surface area contributed by atoms with Gasteiger partial charge in [-0.25, -0.2) is 24.5 Å². The fraction of sp³-hybridized carbons (Fsp3) is 0.407. The van der Waals surface area contributed by atoms with Crippen molar-refractivity contribution in [3.05, 3.63) is 54.8 Å². The van der Waals surface area contributed by atoms with E-state index in [0.717, 1.165) is 0 Å². The minimum atomic E-state index is -1.26. The number of urea groups is 1. The quantitative estimate of drug-likeness (QED) is 0.296. The van der Waals surface area contributed by atoms with Crippen molar-refractivity contribution in [3.63, 3.8) is 0 Å². The Labute approximate surface area is 239 Å². The SMILES string of the molecule is CCCN(C(=O)Nc1ccccc1)c1ncnc2c1ncn2C1OC(COc2cc(C(=O)O)on2)C2OC(C)(C)OC21. The summed E-state index contributed by atoms with van der Waals surface area (Å²) in [5.74, 6) is -2.14. The van der Waals surface area contributed by atoms with Gasteiger partial charge in [0.05, 0.1) is 12.4 Å². The molecule has 1 aromatic carbocycles. The van der Waals surface area contributed by atoms with E-state index in [-0.39, 0.29) is 24.3 Å². The molecule has 15 nitrogen and oxygen atoms in total. The third kappa shape index (κ3) is 5.24. The number of fused-ring (bicyclic) bond motifs is 2. The number of carbonyl (C=O) groups is 2. The fourth-order valence-corrected chi connectivity index (χ4v) is 5.08. The zero-order valence-corrected chi connectivity index (χ0v) is 23.0. The number of benzene rings is 1. The third-order valence-corrected chi connectivity index (χ3v) is 6.81. The van der Waals surface area contributed by atoms with Crippen molar-refractivity contribution in [2.24, 2.45) is 0 Å². The lowest BCUT2D eigenvalue weighted by Gasteiger charge is -2.25. The number of para-hydroxylation sites is 1. The molecule has 0 bridgehead atoms. The molecule has 5 heterocycles. The van der Waals surface area contributed by atoms with Crippen LogP contribution in [0.25, 0.3) is 11.2 Å². The van der Waals surface area contributed by atoms with Crippen LogP contribution in [0.3, 0.4) is 0 Å². The van der Waals surface area contributed by atoms with Crippen LogP contribution in [0, 0.1) is 0 Å². The number of nitrogens with zero attached hydrogens (tertiary/aromatic N) is 6. The molecule has 0 spiro atoms. The third-order valence-electron chi connectivity index (χ3n) is 6.81. The van der Waals surface area contributed by atoms with Crippen molar-refractivity contribution in [1.82, 2.24) is 24.7 Å². The molecule has 220 valence electrons. The molecule has 2 amide bonds. The summed E-state index contributed by atoms with van der Waals surface area (Å²) < 4.78 is 30.9. The average Bonchev–Trinajstić information content (AvgIpc) is 3.74. The molecule has 4 aromatic rings. The Morgan fingerprint density at radius 3 is 2.67 bits per heavy atom. The van der Waals surface area contributed by atoms with Crippen molar-refractivity contribution in [2.75, 3.05) is 23.4 Å². The maximum atomic E-state index is 13.3. The molecule has 4 unspecified atom stereocenters. The number of hydrogen-bond acceptors (Lipinski definition) is 11. The highest BCUT2D eigenvalue weighted by Gasteiger charge is 2.56. The lowest BCUT2D eigenvalue weighted by Crippen LogP contribution is -2.36. The molecule has 0 radical (unpaired) electrons. The largest absolute Gasteiger partial charge is 0.475 e. The molecule has 2 aliphatic heterocycles. The van der Waals surface area contributed by atoms with Gasteiger partial charge < -0.3 is 33.9 Å². The molecule has 0 aliphatic carbocycles. The molecule has 4 atom stereocenters. The number of carboxylic acids is 1. The second kappa shape index (κ2) is 11.0. The second-order valence-electron chi connectivity index (χ2n) is 10.2. The smallest absolute Gasteiger partial charge is 0.374 e. The predicted octanol–water partition coefficient (Wildman–Crippen LogP) is 3.46. The average molecular weight is 580 g/mol. The molecule has 0 saturated carbocycles. The number of hydrogen-bond donors (Lipinski definition) is 2. The Morgan fingerprint density at radius 1 is 1.14 bits per heavy atom. The van der Waals surface area contributed by atoms with Crippen LogP contribution in [-0.4, -0.2) is 79.0 Å². The molecule has 2 saturated heterocycles. The van der Waals surface area contributed by atoms with E-state index in [9.17, 15) is 9.59 Å². The molecule has 2 aliphatic rings. The summed E-state index contributed by atoms with van der Waals surface area (Å²) in [6, 6.07) is 9.99. The molecule has 42 heavy (non-hydrogen) atoms. The number of amides is 2. The van der Waals surface area contributed by atoms with Crippen LogP contribution < -0.4 is 15.0 Å². The molecule has 2 fully saturated rings. The van der Waals surface area contributed by atoms with Gasteiger partial charge in [-0.2, -0.15) is 0 Å². The van der Waals surface area contributed by atoms with Crippen LogP contribution in [0.5, 0.6) is 5.88 Å². The number of rotatable bonds is 9. The second-order valence-corrected chi connectivity index (χ2v) is 10.2. The van der Waals surface area contributed by atoms with Crippen molar-refractivity contribution in [1.29, 1.82) is 0 Å². The Morgan fingerprint density at radius 2 is 1.93 bits per heavy atom. The summed E-state index contributed by atoms with van der Waals surface area (Å²) in [6.45, 7) is 5.96. The van der Waals surface area contributed by atoms with E-state index in [2.05, 4.69) is 25.4 Å². The lowest BCUT2D eigenvalue weighted by atomic mass is 10.1. The summed E-state index contributed by atoms with van der Waals surface area (Å²) in [4.78, 5) is 39.4. The highest BCUT2D eigenvalue weighted by molar-refractivity contribution is 6.04. The Bertz CT molecular complexity index is 1590. The van der Waals surface area contributed by atoms with Crippen LogP contribution in [0.4, 0.5) is 16.3 Å². The first kappa shape index (κ1) is 27.6. The zero-order chi connectivity index (χ0) is 29.4. The van der Waals surface area contributed by atoms with Crippen LogP contribution in [-0.2, 0) is 14.2 Å². The normalized spacial score (nSPS) is 22.6. The van der Waals surface area contributed by atoms with E-state index in [0.29, 0.717) is 35.6 Å². The van der Waals surface area contributed by atoms with Gasteiger partial charge in [-0.05, 0) is 37.6 Å². The summed E-state index contributed by atoms with van der Waals surface area (Å²) in [5, 5.41) is 15.6. The van der Waals surface area contributed by atoms with Crippen LogP contribution in [0.1, 0.15) is 44.0 Å². The van der Waals surface area contributed by atoms with Crippen LogP contribution >= 0.6 is 0 Å². The Kier molecular flexibility index (Phi) is 7.22. The van der Waals surface area contributed by atoms with Crippen molar-refractivity contribution in [2.45, 2.75) is 57.5 Å². The number of ether oxygens (including phenoxy) is 4. The Hall–Kier alpha value is -4.60. The standard InChI is InChI=1S/C27H29N7O8/c1-4-10-33(26(37)31-15-8-6-5-7-9-15)22-19-23(29-13-28-22)34(14-30-19)24-21-20(40-27(2,3)41-21)17(39-24)12-38-18-11-16(25(35)36)42-32-18/h5-9,11,13-14,17,20-21,24H,4,10,12H2,1-3H3,(H,31,37)(H,35,36). The van der Waals surface area contributed by atoms with Gasteiger partial charge in [0.2, 0.25) is 5.76 Å². The number of carboxylic acid groups (broad SMARTS) is 1. The van der Waals surface area contributed by atoms with E-state index >= 15 is 0 Å². The van der Waals surface area contributed by atoms with E-state index in [1.54, 1.807) is 36.9 Å². The number of nitrogens with one attached hydrogen (secondary N) is 1. The maximum absolute atomic E-state index is 13.3. The number of anilines is 2. The summed E-state index contributed by atoms with van der Waals surface area (Å²) in [5.41, 5.74) is 1.51. The highest BCUT2D eigenvalue weighted by Crippen LogP contribution is 2.44. The zero-order valence-electron chi connectivity index (χ0n) is 23.0. The van der Waals surface area contributed by atoms with Crippen molar-refractivity contribution in [3.8, 4) is 5.88 Å². The van der Waals surface area contributed by atoms with E-state index in [1.165, 1.54) is 17.3 Å². The summed E-state index contributed by atoms with van der Waals surface area (Å²) in [6.07, 6.45) is 1.24. The minimum absolute atomic E-state index is 0.00411. The minimum Gasteiger partial charge on any atom is -0.475 e. The maximum Gasteiger partial charge on any atom is 0.374 e. The first-order valence-corrected chi connectivity index (χ1v) is 13.4. The number of imidazole rings is 1. The monoisotopic (exact) mass is 579 g/mol. The molecule has 2 N–H and O–H groups in total. The molecule has 3 aromatic heterocycles. The van der Waals surface area contributed by atoms with Crippen LogP contribution in [0.2, 0.25) is 0 Å². The highest BCUT2D eigenvalue weighted by atomic mass is 16.8. The first-order valence-electron chi connectivity index (χ1n) is 13.4. The first-order chi connectivity index (χ1) is 20.2. The van der Waals surface area contributed by atoms with Gasteiger partial charge in [0.1, 0.15) is 31.2 Å². The summed E-state index contributed by atoms with van der Waals surface area (Å²) >= 11 is 0. The molecule has 15 heteroatoms. The molecular formula is C27H29N7O8. The van der Waals surface area contributed by atoms with Gasteiger partial charge in [-0.1, -0.05) is 25.1 Å². The summed E-state index contributed by atoms with van der Waals surface area (Å²) in [7, 11) is 0. The van der Waals surface area contributed by atoms with Crippen molar-refractivity contribution < 1.29 is 38.2 Å². The van der Waals surface area contributed by atoms with E-state index in [4.69, 9.17) is 28.6 Å². The van der Waals surface area contributed by atoms with Crippen molar-refractivity contribution >= 4 is 34.7 Å². The lowest BCUT2D eigenvalue weighted by molar-refractivity contribution is -0.199. The van der Waals surface area contributed by atoms with Crippen LogP contribution in [0.15, 0.2) is 53.6 Å². The van der Waals surface area contributed by atoms with Gasteiger partial charge >= 0.3 is 12.0 Å². The van der Waals surface area contributed by atoms with Gasteiger partial charge in [0.25, 0.3) is 5.88 Å². The fourth-order valence-electron chi connectivity index (χ4n) is 5.08. The van der Waals surface area contributed by atoms with Gasteiger partial charge in [-0.3, -0.25) is 9.47 Å². The van der Waals surface area contributed by atoms with E-state index in [1.807, 2.05) is 25.1 Å². The number of carbonyl (C=O) groups excluding carboxylic acids is 1. The topological polar surface area (TPSA) is 176 Å². The number of aromatic nitrogens is 5.